The maximum Gasteiger partial charge on any atom is 0.309 e. The molecular weight excluding hydrogens is 324 g/mol. The number of rotatable bonds is 5. The lowest BCUT2D eigenvalue weighted by Gasteiger charge is -2.39. The van der Waals surface area contributed by atoms with E-state index in [1.807, 2.05) is 0 Å². The average molecular weight is 365 g/mol. The van der Waals surface area contributed by atoms with Crippen LogP contribution in [0.4, 0.5) is 0 Å². The summed E-state index contributed by atoms with van der Waals surface area (Å²) >= 11 is 0. The van der Waals surface area contributed by atoms with Gasteiger partial charge in [0.1, 0.15) is 6.10 Å². The lowest BCUT2D eigenvalue weighted by atomic mass is 9.68. The Morgan fingerprint density at radius 1 is 0.885 bits per heavy atom. The van der Waals surface area contributed by atoms with Gasteiger partial charge in [-0.2, -0.15) is 0 Å². The molecule has 3 fully saturated rings. The SMILES string of the molecule is CCC(N)C1CCC(C2CCC(C(=O)OC3CCC(N)CC3)CC2)CC1. The number of hydrogen-bond donors (Lipinski definition) is 2. The molecule has 3 aliphatic rings. The van der Waals surface area contributed by atoms with Gasteiger partial charge in [0.2, 0.25) is 0 Å². The largest absolute Gasteiger partial charge is 0.462 e. The third-order valence-electron chi connectivity index (χ3n) is 7.67. The summed E-state index contributed by atoms with van der Waals surface area (Å²) in [6, 6.07) is 0.707. The molecule has 0 spiro atoms. The fraction of sp³-hybridized carbons (Fsp3) is 0.955. The van der Waals surface area contributed by atoms with Crippen molar-refractivity contribution < 1.29 is 9.53 Å². The predicted molar refractivity (Wildman–Crippen MR) is 105 cm³/mol. The van der Waals surface area contributed by atoms with Crippen molar-refractivity contribution in [2.24, 2.45) is 35.1 Å². The molecule has 3 rings (SSSR count). The molecule has 0 saturated heterocycles. The summed E-state index contributed by atoms with van der Waals surface area (Å²) in [5.41, 5.74) is 12.2. The lowest BCUT2D eigenvalue weighted by Crippen LogP contribution is -2.36. The Bertz CT molecular complexity index is 431. The van der Waals surface area contributed by atoms with Crippen LogP contribution in [0.5, 0.6) is 0 Å². The molecule has 4 heteroatoms. The van der Waals surface area contributed by atoms with Crippen molar-refractivity contribution in [3.05, 3.63) is 0 Å². The van der Waals surface area contributed by atoms with Crippen LogP contribution in [0.1, 0.15) is 90.4 Å². The van der Waals surface area contributed by atoms with Gasteiger partial charge in [0.15, 0.2) is 0 Å². The maximum atomic E-state index is 12.5. The highest BCUT2D eigenvalue weighted by Gasteiger charge is 2.35. The lowest BCUT2D eigenvalue weighted by molar-refractivity contribution is -0.157. The van der Waals surface area contributed by atoms with Gasteiger partial charge in [-0.1, -0.05) is 6.92 Å². The van der Waals surface area contributed by atoms with Crippen molar-refractivity contribution in [2.45, 2.75) is 109 Å². The first kappa shape index (κ1) is 20.1. The van der Waals surface area contributed by atoms with Gasteiger partial charge in [0.05, 0.1) is 5.92 Å². The first-order valence-electron chi connectivity index (χ1n) is 11.3. The molecule has 0 radical (unpaired) electrons. The molecule has 0 aliphatic heterocycles. The molecule has 0 aromatic heterocycles. The van der Waals surface area contributed by atoms with E-state index in [4.69, 9.17) is 16.2 Å². The third-order valence-corrected chi connectivity index (χ3v) is 7.67. The molecule has 0 aromatic rings. The molecule has 4 nitrogen and oxygen atoms in total. The van der Waals surface area contributed by atoms with E-state index in [0.29, 0.717) is 12.1 Å². The van der Waals surface area contributed by atoms with Gasteiger partial charge in [0, 0.05) is 12.1 Å². The molecule has 26 heavy (non-hydrogen) atoms. The minimum atomic E-state index is 0.0709. The van der Waals surface area contributed by atoms with Crippen LogP contribution < -0.4 is 11.5 Å². The van der Waals surface area contributed by atoms with E-state index in [1.165, 1.54) is 38.5 Å². The minimum Gasteiger partial charge on any atom is -0.462 e. The fourth-order valence-corrected chi connectivity index (χ4v) is 5.67. The van der Waals surface area contributed by atoms with Gasteiger partial charge in [-0.15, -0.1) is 0 Å². The fourth-order valence-electron chi connectivity index (χ4n) is 5.67. The van der Waals surface area contributed by atoms with Gasteiger partial charge >= 0.3 is 5.97 Å². The van der Waals surface area contributed by atoms with Gasteiger partial charge in [0.25, 0.3) is 0 Å². The average Bonchev–Trinajstić information content (AvgIpc) is 2.69. The van der Waals surface area contributed by atoms with Crippen molar-refractivity contribution >= 4 is 5.97 Å². The molecule has 4 N–H and O–H groups in total. The van der Waals surface area contributed by atoms with E-state index in [-0.39, 0.29) is 18.0 Å². The van der Waals surface area contributed by atoms with E-state index in [1.54, 1.807) is 0 Å². The highest BCUT2D eigenvalue weighted by molar-refractivity contribution is 5.72. The predicted octanol–water partition coefficient (Wildman–Crippen LogP) is 4.15. The summed E-state index contributed by atoms with van der Waals surface area (Å²) in [6.45, 7) is 2.21. The van der Waals surface area contributed by atoms with Crippen molar-refractivity contribution in [3.8, 4) is 0 Å². The van der Waals surface area contributed by atoms with Crippen LogP contribution in [0.15, 0.2) is 0 Å². The van der Waals surface area contributed by atoms with Crippen LogP contribution in [-0.4, -0.2) is 24.2 Å². The van der Waals surface area contributed by atoms with Crippen LogP contribution in [0.25, 0.3) is 0 Å². The molecule has 1 unspecified atom stereocenters. The van der Waals surface area contributed by atoms with Gasteiger partial charge in [-0.05, 0) is 101 Å². The van der Waals surface area contributed by atoms with E-state index in [0.717, 1.165) is 62.7 Å². The number of ether oxygens (including phenoxy) is 1. The second kappa shape index (κ2) is 9.54. The highest BCUT2D eigenvalue weighted by Crippen LogP contribution is 2.42. The molecular formula is C22H40N2O2. The first-order chi connectivity index (χ1) is 12.6. The first-order valence-corrected chi connectivity index (χ1v) is 11.3. The third kappa shape index (κ3) is 5.22. The minimum absolute atomic E-state index is 0.0709. The Morgan fingerprint density at radius 3 is 1.96 bits per heavy atom. The zero-order valence-electron chi connectivity index (χ0n) is 16.7. The van der Waals surface area contributed by atoms with Crippen LogP contribution in [0, 0.1) is 23.7 Å². The Balaban J connectivity index is 1.37. The van der Waals surface area contributed by atoms with Gasteiger partial charge in [-0.25, -0.2) is 0 Å². The smallest absolute Gasteiger partial charge is 0.309 e. The van der Waals surface area contributed by atoms with Crippen LogP contribution in [0.3, 0.4) is 0 Å². The van der Waals surface area contributed by atoms with Gasteiger partial charge < -0.3 is 16.2 Å². The maximum absolute atomic E-state index is 12.5. The highest BCUT2D eigenvalue weighted by atomic mass is 16.5. The zero-order chi connectivity index (χ0) is 18.5. The molecule has 0 amide bonds. The van der Waals surface area contributed by atoms with Crippen LogP contribution in [0.2, 0.25) is 0 Å². The number of nitrogens with two attached hydrogens (primary N) is 2. The summed E-state index contributed by atoms with van der Waals surface area (Å²) in [4.78, 5) is 12.5. The van der Waals surface area contributed by atoms with Crippen molar-refractivity contribution in [1.29, 1.82) is 0 Å². The summed E-state index contributed by atoms with van der Waals surface area (Å²) < 4.78 is 5.80. The number of carbonyl (C=O) groups excluding carboxylic acids is 1. The van der Waals surface area contributed by atoms with E-state index in [2.05, 4.69) is 6.92 Å². The normalized spacial score (nSPS) is 40.0. The summed E-state index contributed by atoms with van der Waals surface area (Å²) in [6.07, 6.45) is 14.9. The van der Waals surface area contributed by atoms with Gasteiger partial charge in [-0.3, -0.25) is 4.79 Å². The number of carbonyl (C=O) groups is 1. The summed E-state index contributed by atoms with van der Waals surface area (Å²) in [7, 11) is 0. The Labute approximate surface area is 159 Å². The monoisotopic (exact) mass is 364 g/mol. The van der Waals surface area contributed by atoms with Crippen molar-refractivity contribution in [1.82, 2.24) is 0 Å². The Morgan fingerprint density at radius 2 is 1.42 bits per heavy atom. The molecule has 0 bridgehead atoms. The molecule has 0 heterocycles. The Kier molecular flexibility index (Phi) is 7.39. The Hall–Kier alpha value is -0.610. The number of esters is 1. The molecule has 0 aromatic carbocycles. The number of hydrogen-bond acceptors (Lipinski definition) is 4. The second-order valence-corrected chi connectivity index (χ2v) is 9.33. The molecule has 3 aliphatic carbocycles. The standard InChI is InChI=1S/C22H40N2O2/c1-2-21(24)17-7-3-15(4-8-17)16-5-9-18(10-6-16)22(25)26-20-13-11-19(23)12-14-20/h15-21H,2-14,23-24H2,1H3. The van der Waals surface area contributed by atoms with E-state index < -0.39 is 0 Å². The van der Waals surface area contributed by atoms with Crippen molar-refractivity contribution in [2.75, 3.05) is 0 Å². The summed E-state index contributed by atoms with van der Waals surface area (Å²) in [5, 5.41) is 0. The van der Waals surface area contributed by atoms with E-state index >= 15 is 0 Å². The quantitative estimate of drug-likeness (QED) is 0.718. The molecule has 3 saturated carbocycles. The van der Waals surface area contributed by atoms with Crippen LogP contribution >= 0.6 is 0 Å². The zero-order valence-corrected chi connectivity index (χ0v) is 16.7. The molecule has 150 valence electrons. The van der Waals surface area contributed by atoms with Crippen LogP contribution in [-0.2, 0) is 9.53 Å². The second-order valence-electron chi connectivity index (χ2n) is 9.33. The topological polar surface area (TPSA) is 78.3 Å². The summed E-state index contributed by atoms with van der Waals surface area (Å²) in [5.74, 6) is 2.65. The van der Waals surface area contributed by atoms with E-state index in [9.17, 15) is 4.79 Å². The van der Waals surface area contributed by atoms with Crippen molar-refractivity contribution in [3.63, 3.8) is 0 Å². The molecule has 1 atom stereocenters.